The van der Waals surface area contributed by atoms with E-state index in [4.69, 9.17) is 22.1 Å². The summed E-state index contributed by atoms with van der Waals surface area (Å²) in [6.45, 7) is 3.44. The number of rotatable bonds is 3. The Morgan fingerprint density at radius 2 is 2.50 bits per heavy atom. The molecule has 0 aliphatic carbocycles. The molecule has 4 nitrogen and oxygen atoms in total. The molecule has 0 radical (unpaired) electrons. The Bertz CT molecular complexity index is 479. The third kappa shape index (κ3) is 3.09. The zero-order valence-electron chi connectivity index (χ0n) is 10.3. The minimum absolute atomic E-state index is 0.237. The molecule has 0 bridgehead atoms. The lowest BCUT2D eigenvalue weighted by atomic mass is 10.1. The van der Waals surface area contributed by atoms with Gasteiger partial charge in [-0.3, -0.25) is 4.99 Å². The largest absolute Gasteiger partial charge is 0.404 e. The predicted molar refractivity (Wildman–Crippen MR) is 73.9 cm³/mol. The van der Waals surface area contributed by atoms with Crippen molar-refractivity contribution in [3.05, 3.63) is 34.7 Å². The molecular formula is C13H16ClN3O. The number of nitrogens with two attached hydrogens (primary N) is 1. The highest BCUT2D eigenvalue weighted by Crippen LogP contribution is 2.19. The highest BCUT2D eigenvalue weighted by molar-refractivity contribution is 6.29. The number of hydrogen-bond donors (Lipinski definition) is 1. The fourth-order valence-corrected chi connectivity index (χ4v) is 2.06. The normalized spacial score (nSPS) is 20.8. The van der Waals surface area contributed by atoms with Gasteiger partial charge < -0.3 is 10.5 Å². The van der Waals surface area contributed by atoms with Gasteiger partial charge in [0.1, 0.15) is 5.15 Å². The smallest absolute Gasteiger partial charge is 0.129 e. The zero-order chi connectivity index (χ0) is 13.0. The van der Waals surface area contributed by atoms with E-state index in [1.807, 2.05) is 13.0 Å². The van der Waals surface area contributed by atoms with E-state index in [0.717, 1.165) is 29.7 Å². The third-order valence-electron chi connectivity index (χ3n) is 2.90. The van der Waals surface area contributed by atoms with Gasteiger partial charge in [-0.05, 0) is 25.0 Å². The van der Waals surface area contributed by atoms with Crippen LogP contribution in [0.25, 0.3) is 5.57 Å². The van der Waals surface area contributed by atoms with E-state index in [9.17, 15) is 0 Å². The van der Waals surface area contributed by atoms with Gasteiger partial charge in [0.15, 0.2) is 0 Å². The highest BCUT2D eigenvalue weighted by atomic mass is 35.5. The van der Waals surface area contributed by atoms with Crippen molar-refractivity contribution in [2.75, 3.05) is 13.2 Å². The van der Waals surface area contributed by atoms with Gasteiger partial charge >= 0.3 is 0 Å². The molecule has 0 aromatic carbocycles. The molecule has 2 N–H and O–H groups in total. The lowest BCUT2D eigenvalue weighted by Gasteiger charge is -2.06. The molecule has 0 saturated carbocycles. The van der Waals surface area contributed by atoms with Crippen molar-refractivity contribution in [3.8, 4) is 0 Å². The Hall–Kier alpha value is -1.39. The monoisotopic (exact) mass is 265 g/mol. The SMILES string of the molecule is Cc1cc(Cl)ncc1/C(C=NC1CCOC1)=C/N. The van der Waals surface area contributed by atoms with Crippen LogP contribution in [0.15, 0.2) is 23.5 Å². The van der Waals surface area contributed by atoms with Crippen LogP contribution in [0.4, 0.5) is 0 Å². The van der Waals surface area contributed by atoms with Crippen LogP contribution in [-0.2, 0) is 4.74 Å². The summed E-state index contributed by atoms with van der Waals surface area (Å²) in [5.74, 6) is 0. The Morgan fingerprint density at radius 1 is 1.67 bits per heavy atom. The van der Waals surface area contributed by atoms with Crippen molar-refractivity contribution in [3.63, 3.8) is 0 Å². The second kappa shape index (κ2) is 5.98. The molecule has 1 aliphatic heterocycles. The average molecular weight is 266 g/mol. The topological polar surface area (TPSA) is 60.5 Å². The van der Waals surface area contributed by atoms with Gasteiger partial charge in [-0.15, -0.1) is 0 Å². The third-order valence-corrected chi connectivity index (χ3v) is 3.10. The van der Waals surface area contributed by atoms with E-state index >= 15 is 0 Å². The van der Waals surface area contributed by atoms with Crippen LogP contribution >= 0.6 is 11.6 Å². The summed E-state index contributed by atoms with van der Waals surface area (Å²) in [7, 11) is 0. The number of nitrogens with zero attached hydrogens (tertiary/aromatic N) is 2. The predicted octanol–water partition coefficient (Wildman–Crippen LogP) is 2.20. The van der Waals surface area contributed by atoms with Crippen LogP contribution in [0.2, 0.25) is 5.15 Å². The minimum Gasteiger partial charge on any atom is -0.404 e. The van der Waals surface area contributed by atoms with Crippen LogP contribution < -0.4 is 5.73 Å². The molecule has 2 rings (SSSR count). The zero-order valence-corrected chi connectivity index (χ0v) is 11.0. The molecule has 96 valence electrons. The first-order valence-electron chi connectivity index (χ1n) is 5.86. The lowest BCUT2D eigenvalue weighted by molar-refractivity contribution is 0.194. The van der Waals surface area contributed by atoms with Gasteiger partial charge in [-0.2, -0.15) is 0 Å². The summed E-state index contributed by atoms with van der Waals surface area (Å²) in [6.07, 6.45) is 6.01. The quantitative estimate of drug-likeness (QED) is 0.673. The molecule has 1 fully saturated rings. The maximum atomic E-state index is 5.83. The number of allylic oxidation sites excluding steroid dienone is 1. The lowest BCUT2D eigenvalue weighted by Crippen LogP contribution is -2.04. The van der Waals surface area contributed by atoms with Crippen LogP contribution in [0.5, 0.6) is 0 Å². The summed E-state index contributed by atoms with van der Waals surface area (Å²) < 4.78 is 5.27. The highest BCUT2D eigenvalue weighted by Gasteiger charge is 2.13. The van der Waals surface area contributed by atoms with Crippen molar-refractivity contribution >= 4 is 23.4 Å². The molecule has 1 atom stereocenters. The number of pyridine rings is 1. The number of hydrogen-bond acceptors (Lipinski definition) is 4. The van der Waals surface area contributed by atoms with Crippen molar-refractivity contribution in [1.29, 1.82) is 0 Å². The molecule has 2 heterocycles. The Morgan fingerprint density at radius 3 is 3.11 bits per heavy atom. The number of ether oxygens (including phenoxy) is 1. The van der Waals surface area contributed by atoms with Gasteiger partial charge in [0.2, 0.25) is 0 Å². The molecule has 1 aromatic heterocycles. The number of halogens is 1. The van der Waals surface area contributed by atoms with Crippen LogP contribution in [0.1, 0.15) is 17.5 Å². The summed E-state index contributed by atoms with van der Waals surface area (Å²) in [5.41, 5.74) is 8.48. The van der Waals surface area contributed by atoms with Gasteiger partial charge in [0, 0.05) is 36.4 Å². The Labute approximate surface area is 112 Å². The van der Waals surface area contributed by atoms with E-state index in [1.165, 1.54) is 6.20 Å². The Balaban J connectivity index is 2.18. The molecule has 18 heavy (non-hydrogen) atoms. The summed E-state index contributed by atoms with van der Waals surface area (Å²) >= 11 is 5.83. The number of aryl methyl sites for hydroxylation is 1. The number of aliphatic imine (C=N–C) groups is 1. The first kappa shape index (κ1) is 13.1. The maximum absolute atomic E-state index is 5.83. The van der Waals surface area contributed by atoms with E-state index in [0.29, 0.717) is 11.8 Å². The van der Waals surface area contributed by atoms with Crippen molar-refractivity contribution in [2.24, 2.45) is 10.7 Å². The van der Waals surface area contributed by atoms with Gasteiger partial charge in [0.05, 0.1) is 12.6 Å². The van der Waals surface area contributed by atoms with Gasteiger partial charge in [0.25, 0.3) is 0 Å². The standard InChI is InChI=1S/C13H16ClN3O/c1-9-4-13(14)17-7-12(9)10(5-15)6-16-11-2-3-18-8-11/h4-7,11H,2-3,8,15H2,1H3/b10-5+,16-6?. The summed E-state index contributed by atoms with van der Waals surface area (Å²) in [4.78, 5) is 8.55. The minimum atomic E-state index is 0.237. The second-order valence-electron chi connectivity index (χ2n) is 4.24. The van der Waals surface area contributed by atoms with Crippen molar-refractivity contribution in [1.82, 2.24) is 4.98 Å². The molecule has 1 aromatic rings. The maximum Gasteiger partial charge on any atom is 0.129 e. The fourth-order valence-electron chi connectivity index (χ4n) is 1.85. The van der Waals surface area contributed by atoms with Crippen molar-refractivity contribution in [2.45, 2.75) is 19.4 Å². The average Bonchev–Trinajstić information content (AvgIpc) is 2.85. The molecule has 1 unspecified atom stereocenters. The first-order chi connectivity index (χ1) is 8.70. The second-order valence-corrected chi connectivity index (χ2v) is 4.63. The molecule has 5 heteroatoms. The van der Waals surface area contributed by atoms with E-state index in [-0.39, 0.29) is 6.04 Å². The van der Waals surface area contributed by atoms with Crippen LogP contribution in [0.3, 0.4) is 0 Å². The first-order valence-corrected chi connectivity index (χ1v) is 6.24. The molecule has 0 amide bonds. The molecule has 1 saturated heterocycles. The molecule has 0 spiro atoms. The fraction of sp³-hybridized carbons (Fsp3) is 0.385. The van der Waals surface area contributed by atoms with Crippen LogP contribution in [-0.4, -0.2) is 30.5 Å². The van der Waals surface area contributed by atoms with E-state index < -0.39 is 0 Å². The number of aromatic nitrogens is 1. The molecule has 1 aliphatic rings. The van der Waals surface area contributed by atoms with Gasteiger partial charge in [-0.1, -0.05) is 11.6 Å². The Kier molecular flexibility index (Phi) is 4.33. The van der Waals surface area contributed by atoms with Gasteiger partial charge in [-0.25, -0.2) is 4.98 Å². The van der Waals surface area contributed by atoms with Crippen LogP contribution in [0, 0.1) is 6.92 Å². The summed E-state index contributed by atoms with van der Waals surface area (Å²) in [5, 5.41) is 0.480. The van der Waals surface area contributed by atoms with E-state index in [1.54, 1.807) is 12.4 Å². The summed E-state index contributed by atoms with van der Waals surface area (Å²) in [6, 6.07) is 2.05. The van der Waals surface area contributed by atoms with Crippen molar-refractivity contribution < 1.29 is 4.74 Å². The van der Waals surface area contributed by atoms with E-state index in [2.05, 4.69) is 9.98 Å². The molecular weight excluding hydrogens is 250 g/mol.